The van der Waals surface area contributed by atoms with Crippen LogP contribution in [0.5, 0.6) is 0 Å². The van der Waals surface area contributed by atoms with Gasteiger partial charge in [-0.1, -0.05) is 19.8 Å². The van der Waals surface area contributed by atoms with Gasteiger partial charge in [0, 0.05) is 6.61 Å². The first-order valence-corrected chi connectivity index (χ1v) is 5.60. The van der Waals surface area contributed by atoms with Crippen molar-refractivity contribution in [1.82, 2.24) is 4.90 Å². The molecular formula is C11H25NO. The minimum absolute atomic E-state index is 0.347. The lowest BCUT2D eigenvalue weighted by molar-refractivity contribution is 0.271. The zero-order valence-corrected chi connectivity index (χ0v) is 9.26. The zero-order chi connectivity index (χ0) is 9.94. The van der Waals surface area contributed by atoms with Crippen LogP contribution in [0.1, 0.15) is 45.4 Å². The number of nitrogens with zero attached hydrogens (tertiary/aromatic N) is 1. The van der Waals surface area contributed by atoms with Crippen LogP contribution < -0.4 is 0 Å². The minimum atomic E-state index is 0.347. The van der Waals surface area contributed by atoms with Gasteiger partial charge in [0.05, 0.1) is 0 Å². The van der Waals surface area contributed by atoms with Crippen LogP contribution in [0.15, 0.2) is 0 Å². The van der Waals surface area contributed by atoms with Gasteiger partial charge in [-0.2, -0.15) is 0 Å². The normalized spacial score (nSPS) is 11.1. The van der Waals surface area contributed by atoms with Gasteiger partial charge < -0.3 is 10.0 Å². The van der Waals surface area contributed by atoms with Crippen molar-refractivity contribution in [1.29, 1.82) is 0 Å². The van der Waals surface area contributed by atoms with E-state index in [1.807, 2.05) is 0 Å². The third kappa shape index (κ3) is 9.84. The average molecular weight is 187 g/mol. The Morgan fingerprint density at radius 2 is 1.54 bits per heavy atom. The highest BCUT2D eigenvalue weighted by Crippen LogP contribution is 1.99. The van der Waals surface area contributed by atoms with Crippen molar-refractivity contribution in [2.45, 2.75) is 45.4 Å². The molecule has 13 heavy (non-hydrogen) atoms. The van der Waals surface area contributed by atoms with E-state index < -0.39 is 0 Å². The third-order valence-electron chi connectivity index (χ3n) is 2.34. The van der Waals surface area contributed by atoms with Crippen LogP contribution in [0.2, 0.25) is 0 Å². The van der Waals surface area contributed by atoms with Crippen molar-refractivity contribution < 1.29 is 5.11 Å². The Kier molecular flexibility index (Phi) is 9.94. The van der Waals surface area contributed by atoms with Gasteiger partial charge >= 0.3 is 0 Å². The van der Waals surface area contributed by atoms with E-state index in [2.05, 4.69) is 18.9 Å². The number of hydrogen-bond donors (Lipinski definition) is 1. The average Bonchev–Trinajstić information content (AvgIpc) is 2.13. The monoisotopic (exact) mass is 187 g/mol. The molecule has 0 aromatic heterocycles. The van der Waals surface area contributed by atoms with Crippen molar-refractivity contribution in [3.05, 3.63) is 0 Å². The molecule has 2 heteroatoms. The Balaban J connectivity index is 3.05. The molecule has 0 saturated heterocycles. The maximum absolute atomic E-state index is 8.59. The number of rotatable bonds is 9. The minimum Gasteiger partial charge on any atom is -0.396 e. The summed E-state index contributed by atoms with van der Waals surface area (Å²) < 4.78 is 0. The Bertz CT molecular complexity index is 96.1. The molecule has 0 aromatic rings. The van der Waals surface area contributed by atoms with Gasteiger partial charge in [-0.15, -0.1) is 0 Å². The summed E-state index contributed by atoms with van der Waals surface area (Å²) in [6, 6.07) is 0. The van der Waals surface area contributed by atoms with Gasteiger partial charge in [-0.25, -0.2) is 0 Å². The fraction of sp³-hybridized carbons (Fsp3) is 1.00. The summed E-state index contributed by atoms with van der Waals surface area (Å²) in [7, 11) is 2.19. The highest BCUT2D eigenvalue weighted by molar-refractivity contribution is 4.52. The van der Waals surface area contributed by atoms with Crippen LogP contribution >= 0.6 is 0 Å². The van der Waals surface area contributed by atoms with Gasteiger partial charge in [0.2, 0.25) is 0 Å². The fourth-order valence-electron chi connectivity index (χ4n) is 1.41. The van der Waals surface area contributed by atoms with Gasteiger partial charge in [0.1, 0.15) is 0 Å². The van der Waals surface area contributed by atoms with Crippen LogP contribution in [0.4, 0.5) is 0 Å². The molecule has 0 bridgehead atoms. The molecule has 0 aliphatic carbocycles. The maximum atomic E-state index is 8.59. The maximum Gasteiger partial charge on any atom is 0.0431 e. The summed E-state index contributed by atoms with van der Waals surface area (Å²) in [4.78, 5) is 2.40. The van der Waals surface area contributed by atoms with Crippen molar-refractivity contribution >= 4 is 0 Å². The molecule has 0 spiro atoms. The first-order valence-electron chi connectivity index (χ1n) is 5.60. The lowest BCUT2D eigenvalue weighted by Gasteiger charge is -2.15. The molecule has 0 amide bonds. The van der Waals surface area contributed by atoms with Crippen molar-refractivity contribution in [3.63, 3.8) is 0 Å². The first kappa shape index (κ1) is 12.9. The van der Waals surface area contributed by atoms with E-state index in [1.54, 1.807) is 0 Å². The molecule has 0 saturated carbocycles. The second-order valence-electron chi connectivity index (χ2n) is 3.79. The molecule has 0 fully saturated rings. The SMILES string of the molecule is CCCCCN(C)CCCCCO. The molecular weight excluding hydrogens is 162 g/mol. The van der Waals surface area contributed by atoms with Crippen LogP contribution in [-0.2, 0) is 0 Å². The van der Waals surface area contributed by atoms with Gasteiger partial charge in [-0.3, -0.25) is 0 Å². The highest BCUT2D eigenvalue weighted by Gasteiger charge is 1.96. The molecule has 0 aliphatic heterocycles. The van der Waals surface area contributed by atoms with Gasteiger partial charge in [0.15, 0.2) is 0 Å². The number of unbranched alkanes of at least 4 members (excludes halogenated alkanes) is 4. The van der Waals surface area contributed by atoms with Gasteiger partial charge in [-0.05, 0) is 45.8 Å². The third-order valence-corrected chi connectivity index (χ3v) is 2.34. The Labute approximate surface area is 82.9 Å². The summed E-state index contributed by atoms with van der Waals surface area (Å²) in [6.45, 7) is 5.00. The topological polar surface area (TPSA) is 23.5 Å². The van der Waals surface area contributed by atoms with Gasteiger partial charge in [0.25, 0.3) is 0 Å². The number of aliphatic hydroxyl groups excluding tert-OH is 1. The van der Waals surface area contributed by atoms with Crippen LogP contribution in [0, 0.1) is 0 Å². The largest absolute Gasteiger partial charge is 0.396 e. The van der Waals surface area contributed by atoms with E-state index in [0.717, 1.165) is 12.8 Å². The van der Waals surface area contributed by atoms with Crippen LogP contribution in [0.3, 0.4) is 0 Å². The Morgan fingerprint density at radius 1 is 0.923 bits per heavy atom. The summed E-state index contributed by atoms with van der Waals surface area (Å²) in [6.07, 6.45) is 7.33. The molecule has 0 heterocycles. The zero-order valence-electron chi connectivity index (χ0n) is 9.26. The summed E-state index contributed by atoms with van der Waals surface area (Å²) in [5.41, 5.74) is 0. The summed E-state index contributed by atoms with van der Waals surface area (Å²) in [5.74, 6) is 0. The second kappa shape index (κ2) is 10.0. The molecule has 0 unspecified atom stereocenters. The van der Waals surface area contributed by atoms with E-state index in [9.17, 15) is 0 Å². The van der Waals surface area contributed by atoms with Crippen molar-refractivity contribution in [3.8, 4) is 0 Å². The predicted molar refractivity (Wildman–Crippen MR) is 58.0 cm³/mol. The highest BCUT2D eigenvalue weighted by atomic mass is 16.2. The number of hydrogen-bond acceptors (Lipinski definition) is 2. The van der Waals surface area contributed by atoms with E-state index in [1.165, 1.54) is 38.8 Å². The molecule has 0 aliphatic rings. The van der Waals surface area contributed by atoms with Crippen LogP contribution in [0.25, 0.3) is 0 Å². The smallest absolute Gasteiger partial charge is 0.0431 e. The number of aliphatic hydroxyl groups is 1. The second-order valence-corrected chi connectivity index (χ2v) is 3.79. The summed E-state index contributed by atoms with van der Waals surface area (Å²) in [5, 5.41) is 8.59. The van der Waals surface area contributed by atoms with E-state index in [4.69, 9.17) is 5.11 Å². The Hall–Kier alpha value is -0.0800. The molecule has 0 atom stereocenters. The molecule has 0 aromatic carbocycles. The van der Waals surface area contributed by atoms with Crippen molar-refractivity contribution in [2.24, 2.45) is 0 Å². The lowest BCUT2D eigenvalue weighted by atomic mass is 10.2. The van der Waals surface area contributed by atoms with Crippen LogP contribution in [-0.4, -0.2) is 36.8 Å². The fourth-order valence-corrected chi connectivity index (χ4v) is 1.41. The lowest BCUT2D eigenvalue weighted by Crippen LogP contribution is -2.20. The predicted octanol–water partition coefficient (Wildman–Crippen LogP) is 2.27. The molecule has 80 valence electrons. The van der Waals surface area contributed by atoms with E-state index in [0.29, 0.717) is 6.61 Å². The molecule has 0 rings (SSSR count). The van der Waals surface area contributed by atoms with E-state index >= 15 is 0 Å². The molecule has 1 N–H and O–H groups in total. The van der Waals surface area contributed by atoms with Crippen molar-refractivity contribution in [2.75, 3.05) is 26.7 Å². The summed E-state index contributed by atoms with van der Waals surface area (Å²) >= 11 is 0. The quantitative estimate of drug-likeness (QED) is 0.560. The Morgan fingerprint density at radius 3 is 2.08 bits per heavy atom. The molecule has 2 nitrogen and oxygen atoms in total. The van der Waals surface area contributed by atoms with E-state index in [-0.39, 0.29) is 0 Å². The standard InChI is InChI=1S/C11H25NO/c1-3-4-6-9-12(2)10-7-5-8-11-13/h13H,3-11H2,1-2H3. The molecule has 0 radical (unpaired) electrons. The first-order chi connectivity index (χ1) is 6.31.